The zero-order chi connectivity index (χ0) is 9.43. The molecule has 3 rings (SSSR count). The van der Waals surface area contributed by atoms with Crippen molar-refractivity contribution in [3.63, 3.8) is 0 Å². The van der Waals surface area contributed by atoms with Gasteiger partial charge >= 0.3 is 0 Å². The number of piperazine rings is 1. The molecule has 0 bridgehead atoms. The van der Waals surface area contributed by atoms with Crippen LogP contribution >= 0.6 is 0 Å². The summed E-state index contributed by atoms with van der Waals surface area (Å²) in [7, 11) is 0. The average molecular weight is 190 g/mol. The van der Waals surface area contributed by atoms with Gasteiger partial charge in [0.25, 0.3) is 0 Å². The molecule has 1 aromatic rings. The number of nitrogens with zero attached hydrogens (tertiary/aromatic N) is 3. The van der Waals surface area contributed by atoms with Crippen LogP contribution in [0.4, 0.5) is 5.95 Å². The van der Waals surface area contributed by atoms with Crippen molar-refractivity contribution in [1.82, 2.24) is 15.3 Å². The van der Waals surface area contributed by atoms with Gasteiger partial charge in [0.2, 0.25) is 5.95 Å². The van der Waals surface area contributed by atoms with Gasteiger partial charge in [-0.1, -0.05) is 0 Å². The minimum atomic E-state index is 0.400. The van der Waals surface area contributed by atoms with E-state index in [2.05, 4.69) is 20.2 Å². The van der Waals surface area contributed by atoms with Crippen molar-refractivity contribution in [2.75, 3.05) is 24.5 Å². The van der Waals surface area contributed by atoms with E-state index in [0.29, 0.717) is 5.54 Å². The van der Waals surface area contributed by atoms with Gasteiger partial charge in [-0.05, 0) is 18.9 Å². The van der Waals surface area contributed by atoms with Crippen LogP contribution in [0.3, 0.4) is 0 Å². The molecule has 0 unspecified atom stereocenters. The lowest BCUT2D eigenvalue weighted by molar-refractivity contribution is 0.438. The van der Waals surface area contributed by atoms with Crippen molar-refractivity contribution in [3.05, 3.63) is 18.5 Å². The molecule has 74 valence electrons. The molecule has 0 amide bonds. The summed E-state index contributed by atoms with van der Waals surface area (Å²) < 4.78 is 0. The zero-order valence-corrected chi connectivity index (χ0v) is 8.11. The topological polar surface area (TPSA) is 41.1 Å². The lowest BCUT2D eigenvalue weighted by Crippen LogP contribution is -2.53. The summed E-state index contributed by atoms with van der Waals surface area (Å²) in [5, 5.41) is 3.57. The van der Waals surface area contributed by atoms with Crippen molar-refractivity contribution in [1.29, 1.82) is 0 Å². The van der Waals surface area contributed by atoms with Crippen molar-refractivity contribution in [2.45, 2.75) is 18.4 Å². The van der Waals surface area contributed by atoms with Crippen molar-refractivity contribution >= 4 is 5.95 Å². The molecule has 0 atom stereocenters. The van der Waals surface area contributed by atoms with Crippen LogP contribution in [-0.2, 0) is 0 Å². The van der Waals surface area contributed by atoms with Crippen LogP contribution in [0, 0.1) is 0 Å². The van der Waals surface area contributed by atoms with Gasteiger partial charge in [0.1, 0.15) is 0 Å². The minimum absolute atomic E-state index is 0.400. The molecule has 1 aliphatic heterocycles. The van der Waals surface area contributed by atoms with E-state index in [0.717, 1.165) is 25.6 Å². The minimum Gasteiger partial charge on any atom is -0.338 e. The van der Waals surface area contributed by atoms with Gasteiger partial charge in [-0.15, -0.1) is 0 Å². The van der Waals surface area contributed by atoms with Crippen LogP contribution in [0.25, 0.3) is 0 Å². The van der Waals surface area contributed by atoms with Crippen LogP contribution in [-0.4, -0.2) is 35.1 Å². The van der Waals surface area contributed by atoms with E-state index in [9.17, 15) is 0 Å². The predicted octanol–water partition coefficient (Wildman–Crippen LogP) is 0.419. The SMILES string of the molecule is c1cnc(N2CCNC3(CC3)C2)nc1. The highest BCUT2D eigenvalue weighted by molar-refractivity contribution is 5.33. The van der Waals surface area contributed by atoms with E-state index in [1.807, 2.05) is 18.5 Å². The Morgan fingerprint density at radius 1 is 1.29 bits per heavy atom. The second-order valence-corrected chi connectivity index (χ2v) is 4.18. The molecule has 1 aliphatic carbocycles. The van der Waals surface area contributed by atoms with Gasteiger partial charge in [0.05, 0.1) is 0 Å². The van der Waals surface area contributed by atoms with E-state index in [-0.39, 0.29) is 0 Å². The van der Waals surface area contributed by atoms with Crippen LogP contribution in [0.1, 0.15) is 12.8 Å². The maximum atomic E-state index is 4.28. The Labute approximate surface area is 83.4 Å². The molecule has 4 nitrogen and oxygen atoms in total. The first-order valence-electron chi connectivity index (χ1n) is 5.15. The second kappa shape index (κ2) is 2.92. The Balaban J connectivity index is 1.79. The molecule has 4 heteroatoms. The Bertz CT molecular complexity index is 320. The summed E-state index contributed by atoms with van der Waals surface area (Å²) >= 11 is 0. The van der Waals surface area contributed by atoms with E-state index in [1.165, 1.54) is 12.8 Å². The van der Waals surface area contributed by atoms with E-state index >= 15 is 0 Å². The molecule has 2 heterocycles. The quantitative estimate of drug-likeness (QED) is 0.696. The molecule has 1 saturated heterocycles. The summed E-state index contributed by atoms with van der Waals surface area (Å²) in [6, 6.07) is 1.86. The van der Waals surface area contributed by atoms with Crippen molar-refractivity contribution in [2.24, 2.45) is 0 Å². The highest BCUT2D eigenvalue weighted by atomic mass is 15.3. The van der Waals surface area contributed by atoms with Crippen LogP contribution in [0.5, 0.6) is 0 Å². The Hall–Kier alpha value is -1.16. The number of nitrogens with one attached hydrogen (secondary N) is 1. The van der Waals surface area contributed by atoms with Gasteiger partial charge in [-0.3, -0.25) is 0 Å². The van der Waals surface area contributed by atoms with E-state index < -0.39 is 0 Å². The molecular formula is C10H14N4. The third-order valence-electron chi connectivity index (χ3n) is 3.06. The molecular weight excluding hydrogens is 176 g/mol. The first-order valence-corrected chi connectivity index (χ1v) is 5.15. The molecule has 0 aromatic carbocycles. The fourth-order valence-corrected chi connectivity index (χ4v) is 2.07. The lowest BCUT2D eigenvalue weighted by atomic mass is 10.2. The third kappa shape index (κ3) is 1.35. The van der Waals surface area contributed by atoms with Gasteiger partial charge in [0, 0.05) is 37.6 Å². The third-order valence-corrected chi connectivity index (χ3v) is 3.06. The maximum Gasteiger partial charge on any atom is 0.225 e. The molecule has 1 aromatic heterocycles. The van der Waals surface area contributed by atoms with Gasteiger partial charge in [-0.25, -0.2) is 9.97 Å². The first kappa shape index (κ1) is 8.17. The fourth-order valence-electron chi connectivity index (χ4n) is 2.07. The van der Waals surface area contributed by atoms with E-state index in [1.54, 1.807) is 0 Å². The average Bonchev–Trinajstić information content (AvgIpc) is 2.99. The summed E-state index contributed by atoms with van der Waals surface area (Å²) in [5.41, 5.74) is 0.400. The first-order chi connectivity index (χ1) is 6.88. The molecule has 2 fully saturated rings. The summed E-state index contributed by atoms with van der Waals surface area (Å²) in [5.74, 6) is 0.875. The largest absolute Gasteiger partial charge is 0.338 e. The van der Waals surface area contributed by atoms with Crippen LogP contribution < -0.4 is 10.2 Å². The summed E-state index contributed by atoms with van der Waals surface area (Å²) in [6.07, 6.45) is 6.22. The van der Waals surface area contributed by atoms with E-state index in [4.69, 9.17) is 0 Å². The molecule has 14 heavy (non-hydrogen) atoms. The molecule has 1 spiro atoms. The number of aromatic nitrogens is 2. The van der Waals surface area contributed by atoms with Crippen LogP contribution in [0.2, 0.25) is 0 Å². The van der Waals surface area contributed by atoms with Crippen LogP contribution in [0.15, 0.2) is 18.5 Å². The molecule has 0 radical (unpaired) electrons. The second-order valence-electron chi connectivity index (χ2n) is 4.18. The Kier molecular flexibility index (Phi) is 1.70. The van der Waals surface area contributed by atoms with Gasteiger partial charge < -0.3 is 10.2 Å². The predicted molar refractivity (Wildman–Crippen MR) is 54.2 cm³/mol. The Morgan fingerprint density at radius 3 is 2.79 bits per heavy atom. The Morgan fingerprint density at radius 2 is 2.07 bits per heavy atom. The molecule has 2 aliphatic rings. The summed E-state index contributed by atoms with van der Waals surface area (Å²) in [6.45, 7) is 3.14. The lowest BCUT2D eigenvalue weighted by Gasteiger charge is -2.33. The molecule has 1 N–H and O–H groups in total. The van der Waals surface area contributed by atoms with Gasteiger partial charge in [-0.2, -0.15) is 0 Å². The van der Waals surface area contributed by atoms with Crippen molar-refractivity contribution in [3.8, 4) is 0 Å². The van der Waals surface area contributed by atoms with Crippen molar-refractivity contribution < 1.29 is 0 Å². The fraction of sp³-hybridized carbons (Fsp3) is 0.600. The number of rotatable bonds is 1. The normalized spacial score (nSPS) is 23.9. The highest BCUT2D eigenvalue weighted by Crippen LogP contribution is 2.37. The summed E-state index contributed by atoms with van der Waals surface area (Å²) in [4.78, 5) is 10.8. The smallest absolute Gasteiger partial charge is 0.225 e. The number of hydrogen-bond acceptors (Lipinski definition) is 4. The molecule has 1 saturated carbocycles. The number of hydrogen-bond donors (Lipinski definition) is 1. The zero-order valence-electron chi connectivity index (χ0n) is 8.11. The highest BCUT2D eigenvalue weighted by Gasteiger charge is 2.45. The monoisotopic (exact) mass is 190 g/mol. The maximum absolute atomic E-state index is 4.28. The standard InChI is InChI=1S/C10H14N4/c1-4-11-9(12-5-1)14-7-6-13-10(8-14)2-3-10/h1,4-5,13H,2-3,6-8H2. The van der Waals surface area contributed by atoms with Gasteiger partial charge in [0.15, 0.2) is 0 Å². The number of anilines is 1.